The van der Waals surface area contributed by atoms with E-state index in [1.54, 1.807) is 32.9 Å². The lowest BCUT2D eigenvalue weighted by Gasteiger charge is -2.21. The predicted molar refractivity (Wildman–Crippen MR) is 64.3 cm³/mol. The summed E-state index contributed by atoms with van der Waals surface area (Å²) in [5.41, 5.74) is 0.254. The van der Waals surface area contributed by atoms with Gasteiger partial charge < -0.3 is 5.32 Å². The molecule has 16 heavy (non-hydrogen) atoms. The number of hydrogen-bond acceptors (Lipinski definition) is 1. The van der Waals surface area contributed by atoms with Gasteiger partial charge in [0.1, 0.15) is 5.82 Å². The molecule has 0 aliphatic carbocycles. The Labute approximate surface area is 99.8 Å². The zero-order chi connectivity index (χ0) is 12.3. The van der Waals surface area contributed by atoms with Gasteiger partial charge in [-0.3, -0.25) is 4.79 Å². The molecule has 0 aliphatic heterocycles. The van der Waals surface area contributed by atoms with Gasteiger partial charge in [0.25, 0.3) is 0 Å². The summed E-state index contributed by atoms with van der Waals surface area (Å²) >= 11 is 5.69. The summed E-state index contributed by atoms with van der Waals surface area (Å²) in [6.45, 7) is 5.10. The van der Waals surface area contributed by atoms with Crippen molar-refractivity contribution in [1.82, 2.24) is 0 Å². The third kappa shape index (κ3) is 2.73. The maximum absolute atomic E-state index is 13.2. The zero-order valence-electron chi connectivity index (χ0n) is 9.60. The van der Waals surface area contributed by atoms with Gasteiger partial charge in [0.2, 0.25) is 5.91 Å². The van der Waals surface area contributed by atoms with E-state index in [1.165, 1.54) is 6.07 Å². The van der Waals surface area contributed by atoms with Crippen molar-refractivity contribution in [3.63, 3.8) is 0 Å². The van der Waals surface area contributed by atoms with Crippen LogP contribution >= 0.6 is 11.6 Å². The summed E-state index contributed by atoms with van der Waals surface area (Å²) in [5.74, 6) is -0.328. The molecule has 0 saturated carbocycles. The number of rotatable bonds is 3. The molecular formula is C12H15ClFNO. The third-order valence-corrected chi connectivity index (χ3v) is 3.13. The van der Waals surface area contributed by atoms with Gasteiger partial charge in [0.15, 0.2) is 0 Å². The summed E-state index contributed by atoms with van der Waals surface area (Å²) in [7, 11) is 0. The van der Waals surface area contributed by atoms with E-state index in [2.05, 4.69) is 5.32 Å². The van der Waals surface area contributed by atoms with E-state index < -0.39 is 5.41 Å². The molecule has 1 amide bonds. The highest BCUT2D eigenvalue weighted by Gasteiger charge is 2.26. The number of carbonyl (C=O) groups is 1. The zero-order valence-corrected chi connectivity index (χ0v) is 10.4. The first-order valence-electron chi connectivity index (χ1n) is 5.01. The molecule has 88 valence electrons. The monoisotopic (exact) mass is 243 g/mol. The number of nitrogens with one attached hydrogen (secondary N) is 1. The lowest BCUT2D eigenvalue weighted by molar-refractivity contribution is -0.122. The highest BCUT2D eigenvalue weighted by atomic mass is 35.5. The van der Waals surface area contributed by atoms with E-state index in [-0.39, 0.29) is 17.6 Å². The lowest BCUT2D eigenvalue weighted by atomic mass is 9.95. The normalized spacial score (nSPS) is 11.3. The van der Waals surface area contributed by atoms with E-state index in [9.17, 15) is 9.18 Å². The van der Waals surface area contributed by atoms with Crippen LogP contribution in [0.4, 0.5) is 10.1 Å². The van der Waals surface area contributed by atoms with Gasteiger partial charge in [-0.25, -0.2) is 4.39 Å². The van der Waals surface area contributed by atoms with Crippen LogP contribution in [0.25, 0.3) is 0 Å². The van der Waals surface area contributed by atoms with Gasteiger partial charge in [0.05, 0.1) is 5.41 Å². The summed E-state index contributed by atoms with van der Waals surface area (Å²) in [6.07, 6.45) is 0. The van der Waals surface area contributed by atoms with Crippen molar-refractivity contribution < 1.29 is 9.18 Å². The number of alkyl halides is 1. The standard InChI is InChI=1S/C12H15ClFNO/c1-8-9(14)5-4-6-10(8)15-11(16)12(2,3)7-13/h4-6H,7H2,1-3H3,(H,15,16). The van der Waals surface area contributed by atoms with Crippen LogP contribution < -0.4 is 5.32 Å². The molecule has 1 aromatic carbocycles. The minimum absolute atomic E-state index is 0.212. The second-order valence-corrected chi connectivity index (χ2v) is 4.65. The van der Waals surface area contributed by atoms with E-state index in [0.717, 1.165) is 0 Å². The number of anilines is 1. The average molecular weight is 244 g/mol. The summed E-state index contributed by atoms with van der Waals surface area (Å²) in [4.78, 5) is 11.8. The fraction of sp³-hybridized carbons (Fsp3) is 0.417. The Morgan fingerprint density at radius 2 is 2.12 bits per heavy atom. The molecule has 2 nitrogen and oxygen atoms in total. The minimum Gasteiger partial charge on any atom is -0.325 e. The highest BCUT2D eigenvalue weighted by Crippen LogP contribution is 2.23. The molecule has 0 heterocycles. The SMILES string of the molecule is Cc1c(F)cccc1NC(=O)C(C)(C)CCl. The molecule has 0 atom stereocenters. The number of amides is 1. The molecule has 0 fully saturated rings. The van der Waals surface area contributed by atoms with Crippen molar-refractivity contribution in [1.29, 1.82) is 0 Å². The number of hydrogen-bond donors (Lipinski definition) is 1. The van der Waals surface area contributed by atoms with Gasteiger partial charge in [-0.1, -0.05) is 6.07 Å². The van der Waals surface area contributed by atoms with Gasteiger partial charge in [0, 0.05) is 17.1 Å². The first-order valence-corrected chi connectivity index (χ1v) is 5.54. The molecule has 0 spiro atoms. The van der Waals surface area contributed by atoms with Crippen molar-refractivity contribution >= 4 is 23.2 Å². The lowest BCUT2D eigenvalue weighted by Crippen LogP contribution is -2.32. The van der Waals surface area contributed by atoms with E-state index in [1.807, 2.05) is 0 Å². The molecule has 1 aromatic rings. The Morgan fingerprint density at radius 1 is 1.50 bits per heavy atom. The molecular weight excluding hydrogens is 229 g/mol. The molecule has 0 radical (unpaired) electrons. The number of carbonyl (C=O) groups excluding carboxylic acids is 1. The molecule has 0 aliphatic rings. The first-order chi connectivity index (χ1) is 7.38. The van der Waals surface area contributed by atoms with Crippen molar-refractivity contribution in [3.05, 3.63) is 29.6 Å². The topological polar surface area (TPSA) is 29.1 Å². The molecule has 1 N–H and O–H groups in total. The summed E-state index contributed by atoms with van der Waals surface area (Å²) in [6, 6.07) is 4.59. The van der Waals surface area contributed by atoms with Crippen molar-refractivity contribution in [2.75, 3.05) is 11.2 Å². The fourth-order valence-electron chi connectivity index (χ4n) is 1.10. The largest absolute Gasteiger partial charge is 0.325 e. The average Bonchev–Trinajstić information content (AvgIpc) is 2.24. The smallest absolute Gasteiger partial charge is 0.231 e. The van der Waals surface area contributed by atoms with Crippen molar-refractivity contribution in [2.24, 2.45) is 5.41 Å². The Morgan fingerprint density at radius 3 is 2.69 bits per heavy atom. The van der Waals surface area contributed by atoms with Gasteiger partial charge in [-0.05, 0) is 32.9 Å². The summed E-state index contributed by atoms with van der Waals surface area (Å²) in [5, 5.41) is 2.68. The maximum atomic E-state index is 13.2. The molecule has 0 aromatic heterocycles. The maximum Gasteiger partial charge on any atom is 0.231 e. The fourth-order valence-corrected chi connectivity index (χ4v) is 1.22. The molecule has 0 unspecified atom stereocenters. The Balaban J connectivity index is 2.90. The van der Waals surface area contributed by atoms with Gasteiger partial charge >= 0.3 is 0 Å². The van der Waals surface area contributed by atoms with Crippen LogP contribution in [0.3, 0.4) is 0 Å². The van der Waals surface area contributed by atoms with Crippen LogP contribution in [0.2, 0.25) is 0 Å². The highest BCUT2D eigenvalue weighted by molar-refractivity contribution is 6.20. The van der Waals surface area contributed by atoms with Gasteiger partial charge in [-0.15, -0.1) is 11.6 Å². The second-order valence-electron chi connectivity index (χ2n) is 4.38. The van der Waals surface area contributed by atoms with E-state index in [4.69, 9.17) is 11.6 Å². The quantitative estimate of drug-likeness (QED) is 0.811. The van der Waals surface area contributed by atoms with Crippen molar-refractivity contribution in [2.45, 2.75) is 20.8 Å². The summed E-state index contributed by atoms with van der Waals surface area (Å²) < 4.78 is 13.2. The molecule has 0 bridgehead atoms. The Kier molecular flexibility index (Phi) is 3.92. The molecule has 4 heteroatoms. The van der Waals surface area contributed by atoms with Crippen LogP contribution in [-0.4, -0.2) is 11.8 Å². The van der Waals surface area contributed by atoms with Crippen LogP contribution in [0.5, 0.6) is 0 Å². The van der Waals surface area contributed by atoms with Crippen LogP contribution in [0.15, 0.2) is 18.2 Å². The van der Waals surface area contributed by atoms with E-state index in [0.29, 0.717) is 11.3 Å². The first kappa shape index (κ1) is 13.0. The Hall–Kier alpha value is -1.09. The van der Waals surface area contributed by atoms with E-state index >= 15 is 0 Å². The minimum atomic E-state index is -0.666. The van der Waals surface area contributed by atoms with Crippen LogP contribution in [-0.2, 0) is 4.79 Å². The Bertz CT molecular complexity index is 404. The van der Waals surface area contributed by atoms with Crippen LogP contribution in [0, 0.1) is 18.2 Å². The molecule has 1 rings (SSSR count). The van der Waals surface area contributed by atoms with Crippen LogP contribution in [0.1, 0.15) is 19.4 Å². The van der Waals surface area contributed by atoms with Crippen molar-refractivity contribution in [3.8, 4) is 0 Å². The number of halogens is 2. The number of benzene rings is 1. The van der Waals surface area contributed by atoms with Gasteiger partial charge in [-0.2, -0.15) is 0 Å². The second kappa shape index (κ2) is 4.83. The molecule has 0 saturated heterocycles. The third-order valence-electron chi connectivity index (χ3n) is 2.46. The predicted octanol–water partition coefficient (Wildman–Crippen LogP) is 3.34.